The van der Waals surface area contributed by atoms with Crippen LogP contribution in [0.3, 0.4) is 0 Å². The molecule has 0 unspecified atom stereocenters. The quantitative estimate of drug-likeness (QED) is 0.760. The van der Waals surface area contributed by atoms with E-state index in [-0.39, 0.29) is 0 Å². The predicted octanol–water partition coefficient (Wildman–Crippen LogP) is 2.75. The van der Waals surface area contributed by atoms with Gasteiger partial charge in [-0.05, 0) is 37.6 Å². The number of methoxy groups -OCH3 is 2. The van der Waals surface area contributed by atoms with Crippen LogP contribution in [0.5, 0.6) is 11.5 Å². The third-order valence-corrected chi connectivity index (χ3v) is 5.01. The fourth-order valence-corrected chi connectivity index (χ4v) is 3.73. The van der Waals surface area contributed by atoms with Gasteiger partial charge < -0.3 is 9.47 Å². The van der Waals surface area contributed by atoms with Gasteiger partial charge in [-0.15, -0.1) is 0 Å². The molecule has 2 aromatic heterocycles. The van der Waals surface area contributed by atoms with E-state index >= 15 is 0 Å². The molecule has 3 heterocycles. The summed E-state index contributed by atoms with van der Waals surface area (Å²) >= 11 is 0. The van der Waals surface area contributed by atoms with Crippen molar-refractivity contribution in [3.63, 3.8) is 0 Å². The topological polar surface area (TPSA) is 76.2 Å². The molecule has 1 aliphatic heterocycles. The number of likely N-dealkylation sites (tertiary alicyclic amines) is 1. The number of H-pyrrole nitrogens is 1. The molecule has 7 heteroatoms. The number of aromatic nitrogens is 4. The van der Waals surface area contributed by atoms with E-state index in [0.717, 1.165) is 60.7 Å². The van der Waals surface area contributed by atoms with Crippen molar-refractivity contribution in [2.75, 3.05) is 27.3 Å². The second-order valence-electron chi connectivity index (χ2n) is 6.62. The fourth-order valence-electron chi connectivity index (χ4n) is 3.73. The molecule has 0 aliphatic carbocycles. The summed E-state index contributed by atoms with van der Waals surface area (Å²) in [6.07, 6.45) is 5.66. The van der Waals surface area contributed by atoms with E-state index in [4.69, 9.17) is 9.47 Å². The number of benzene rings is 1. The third-order valence-electron chi connectivity index (χ3n) is 5.01. The number of hydrogen-bond donors (Lipinski definition) is 1. The maximum Gasteiger partial charge on any atom is 0.199 e. The van der Waals surface area contributed by atoms with Gasteiger partial charge in [0.25, 0.3) is 0 Å². The number of ether oxygens (including phenoxy) is 2. The van der Waals surface area contributed by atoms with Crippen LogP contribution in [0, 0.1) is 0 Å². The minimum atomic E-state index is 0.377. The molecule has 0 saturated carbocycles. The van der Waals surface area contributed by atoms with Crippen molar-refractivity contribution in [3.8, 4) is 11.5 Å². The van der Waals surface area contributed by atoms with Gasteiger partial charge in [-0.1, -0.05) is 0 Å². The van der Waals surface area contributed by atoms with Crippen LogP contribution in [0.15, 0.2) is 30.6 Å². The largest absolute Gasteiger partial charge is 0.497 e. The van der Waals surface area contributed by atoms with E-state index in [0.29, 0.717) is 11.6 Å². The van der Waals surface area contributed by atoms with Gasteiger partial charge in [0.2, 0.25) is 0 Å². The van der Waals surface area contributed by atoms with E-state index in [1.54, 1.807) is 26.6 Å². The first-order valence-corrected chi connectivity index (χ1v) is 8.86. The molecule has 3 aromatic rings. The number of fused-ring (bicyclic) bond motifs is 1. The summed E-state index contributed by atoms with van der Waals surface area (Å²) in [7, 11) is 3.40. The molecular formula is C19H23N5O2. The van der Waals surface area contributed by atoms with E-state index in [1.807, 2.05) is 12.1 Å². The van der Waals surface area contributed by atoms with Crippen LogP contribution in [0.2, 0.25) is 0 Å². The van der Waals surface area contributed by atoms with Crippen molar-refractivity contribution < 1.29 is 9.47 Å². The minimum Gasteiger partial charge on any atom is -0.497 e. The van der Waals surface area contributed by atoms with Crippen molar-refractivity contribution in [3.05, 3.63) is 41.9 Å². The van der Waals surface area contributed by atoms with Gasteiger partial charge in [0.1, 0.15) is 17.0 Å². The van der Waals surface area contributed by atoms with Crippen LogP contribution in [-0.2, 0) is 6.54 Å². The lowest BCUT2D eigenvalue weighted by Gasteiger charge is -2.32. The summed E-state index contributed by atoms with van der Waals surface area (Å²) < 4.78 is 10.9. The lowest BCUT2D eigenvalue weighted by molar-refractivity contribution is 0.196. The van der Waals surface area contributed by atoms with Crippen LogP contribution in [0.1, 0.15) is 30.0 Å². The van der Waals surface area contributed by atoms with Gasteiger partial charge in [-0.2, -0.15) is 5.10 Å². The summed E-state index contributed by atoms with van der Waals surface area (Å²) in [5.74, 6) is 2.12. The number of rotatable bonds is 5. The Kier molecular flexibility index (Phi) is 4.71. The molecule has 0 bridgehead atoms. The van der Waals surface area contributed by atoms with E-state index in [9.17, 15) is 0 Å². The zero-order chi connectivity index (χ0) is 17.9. The molecule has 1 fully saturated rings. The molecular weight excluding hydrogens is 330 g/mol. The van der Waals surface area contributed by atoms with Crippen LogP contribution >= 0.6 is 0 Å². The standard InChI is InChI=1S/C19H23N5O2/c1-25-15-5-6-16(26-2)14(10-15)12-24-9-3-4-13(11-24)17-18-19(23-22-17)21-8-7-20-18/h5-8,10,13H,3-4,9,11-12H2,1-2H3,(H,21,22,23)/t13-/m0/s1. The molecule has 0 amide bonds. The van der Waals surface area contributed by atoms with Crippen LogP contribution in [0.4, 0.5) is 0 Å². The molecule has 4 rings (SSSR count). The normalized spacial score (nSPS) is 18.2. The molecule has 0 spiro atoms. The molecule has 7 nitrogen and oxygen atoms in total. The molecule has 1 saturated heterocycles. The Hall–Kier alpha value is -2.67. The number of piperidine rings is 1. The summed E-state index contributed by atoms with van der Waals surface area (Å²) in [4.78, 5) is 11.2. The highest BCUT2D eigenvalue weighted by Gasteiger charge is 2.26. The van der Waals surface area contributed by atoms with E-state index in [1.165, 1.54) is 0 Å². The van der Waals surface area contributed by atoms with Crippen molar-refractivity contribution in [2.24, 2.45) is 0 Å². The zero-order valence-electron chi connectivity index (χ0n) is 15.1. The Balaban J connectivity index is 1.54. The number of nitrogens with one attached hydrogen (secondary N) is 1. The van der Waals surface area contributed by atoms with Crippen molar-refractivity contribution >= 4 is 11.2 Å². The lowest BCUT2D eigenvalue weighted by atomic mass is 9.94. The highest BCUT2D eigenvalue weighted by molar-refractivity contribution is 5.72. The van der Waals surface area contributed by atoms with Gasteiger partial charge in [-0.25, -0.2) is 9.97 Å². The molecule has 0 radical (unpaired) electrons. The van der Waals surface area contributed by atoms with Gasteiger partial charge in [0.15, 0.2) is 5.65 Å². The minimum absolute atomic E-state index is 0.377. The second-order valence-corrected chi connectivity index (χ2v) is 6.62. The Labute approximate surface area is 152 Å². The number of nitrogens with zero attached hydrogens (tertiary/aromatic N) is 4. The Morgan fingerprint density at radius 1 is 1.19 bits per heavy atom. The molecule has 1 aromatic carbocycles. The maximum atomic E-state index is 5.53. The van der Waals surface area contributed by atoms with Gasteiger partial charge in [-0.3, -0.25) is 10.00 Å². The monoisotopic (exact) mass is 353 g/mol. The zero-order valence-corrected chi connectivity index (χ0v) is 15.1. The van der Waals surface area contributed by atoms with Crippen molar-refractivity contribution in [2.45, 2.75) is 25.3 Å². The first kappa shape index (κ1) is 16.8. The second kappa shape index (κ2) is 7.29. The SMILES string of the molecule is COc1ccc(OC)c(CN2CCC[C@H](c3[nH]nc4nccnc34)C2)c1. The third kappa shape index (κ3) is 3.22. The summed E-state index contributed by atoms with van der Waals surface area (Å²) in [6.45, 7) is 2.84. The average Bonchev–Trinajstić information content (AvgIpc) is 3.12. The van der Waals surface area contributed by atoms with Crippen molar-refractivity contribution in [1.29, 1.82) is 0 Å². The summed E-state index contributed by atoms with van der Waals surface area (Å²) in [6, 6.07) is 5.95. The average molecular weight is 353 g/mol. The molecule has 1 N–H and O–H groups in total. The molecule has 136 valence electrons. The Bertz CT molecular complexity index is 895. The van der Waals surface area contributed by atoms with E-state index < -0.39 is 0 Å². The smallest absolute Gasteiger partial charge is 0.199 e. The Morgan fingerprint density at radius 2 is 2.08 bits per heavy atom. The highest BCUT2D eigenvalue weighted by Crippen LogP contribution is 2.31. The van der Waals surface area contributed by atoms with Crippen LogP contribution in [-0.4, -0.2) is 52.4 Å². The highest BCUT2D eigenvalue weighted by atomic mass is 16.5. The van der Waals surface area contributed by atoms with Crippen LogP contribution < -0.4 is 9.47 Å². The molecule has 26 heavy (non-hydrogen) atoms. The first-order chi connectivity index (χ1) is 12.8. The fraction of sp³-hybridized carbons (Fsp3) is 0.421. The van der Waals surface area contributed by atoms with E-state index in [2.05, 4.69) is 31.1 Å². The number of hydrogen-bond acceptors (Lipinski definition) is 6. The van der Waals surface area contributed by atoms with Gasteiger partial charge in [0.05, 0.1) is 19.9 Å². The van der Waals surface area contributed by atoms with Gasteiger partial charge in [0, 0.05) is 37.0 Å². The molecule has 1 atom stereocenters. The first-order valence-electron chi connectivity index (χ1n) is 8.86. The Morgan fingerprint density at radius 3 is 2.92 bits per heavy atom. The lowest BCUT2D eigenvalue weighted by Crippen LogP contribution is -2.34. The molecule has 1 aliphatic rings. The predicted molar refractivity (Wildman–Crippen MR) is 98.5 cm³/mol. The summed E-state index contributed by atoms with van der Waals surface area (Å²) in [5.41, 5.74) is 3.81. The van der Waals surface area contributed by atoms with Crippen LogP contribution in [0.25, 0.3) is 11.2 Å². The van der Waals surface area contributed by atoms with Gasteiger partial charge >= 0.3 is 0 Å². The number of aromatic amines is 1. The van der Waals surface area contributed by atoms with Crippen molar-refractivity contribution in [1.82, 2.24) is 25.1 Å². The summed E-state index contributed by atoms with van der Waals surface area (Å²) in [5, 5.41) is 7.46. The maximum absolute atomic E-state index is 5.53.